The van der Waals surface area contributed by atoms with Gasteiger partial charge in [-0.15, -0.1) is 11.8 Å². The number of nitrogens with one attached hydrogen (secondary N) is 3. The van der Waals surface area contributed by atoms with E-state index in [1.807, 2.05) is 42.5 Å². The summed E-state index contributed by atoms with van der Waals surface area (Å²) in [5.74, 6) is 0.164. The van der Waals surface area contributed by atoms with Crippen LogP contribution in [-0.4, -0.2) is 51.8 Å². The predicted octanol–water partition coefficient (Wildman–Crippen LogP) is 3.60. The molecule has 0 spiro atoms. The summed E-state index contributed by atoms with van der Waals surface area (Å²) in [7, 11) is 0. The Morgan fingerprint density at radius 3 is 2.61 bits per heavy atom. The molecule has 4 rings (SSSR count). The highest BCUT2D eigenvalue weighted by Crippen LogP contribution is 2.21. The zero-order valence-electron chi connectivity index (χ0n) is 17.6. The van der Waals surface area contributed by atoms with Gasteiger partial charge in [0.1, 0.15) is 18.5 Å². The van der Waals surface area contributed by atoms with Gasteiger partial charge in [0.05, 0.1) is 11.0 Å². The van der Waals surface area contributed by atoms with Crippen molar-refractivity contribution in [3.8, 4) is 11.4 Å². The first-order valence-corrected chi connectivity index (χ1v) is 11.3. The number of rotatable bonds is 9. The molecule has 2 aromatic heterocycles. The summed E-state index contributed by atoms with van der Waals surface area (Å²) < 4.78 is 12.5. The Balaban J connectivity index is 1.50. The molecular weight excluding hydrogens is 441 g/mol. The predicted molar refractivity (Wildman–Crippen MR) is 127 cm³/mol. The molecule has 3 N–H and O–H groups in total. The molecule has 168 valence electrons. The molecule has 2 aromatic carbocycles. The molecular formula is C24H22FN5O2S. The van der Waals surface area contributed by atoms with Gasteiger partial charge in [0.15, 0.2) is 0 Å². The van der Waals surface area contributed by atoms with E-state index in [1.165, 1.54) is 11.8 Å². The van der Waals surface area contributed by atoms with Crippen molar-refractivity contribution in [2.45, 2.75) is 10.9 Å². The lowest BCUT2D eigenvalue weighted by atomic mass is 10.1. The molecule has 1 atom stereocenters. The highest BCUT2D eigenvalue weighted by Gasteiger charge is 2.22. The maximum absolute atomic E-state index is 12.9. The molecule has 0 saturated carbocycles. The Morgan fingerprint density at radius 2 is 1.85 bits per heavy atom. The van der Waals surface area contributed by atoms with Crippen molar-refractivity contribution in [2.75, 3.05) is 19.0 Å². The minimum absolute atomic E-state index is 0.0981. The number of benzene rings is 2. The fourth-order valence-corrected chi connectivity index (χ4v) is 4.16. The number of fused-ring (bicyclic) bond motifs is 1. The van der Waals surface area contributed by atoms with E-state index in [2.05, 4.69) is 25.6 Å². The van der Waals surface area contributed by atoms with E-state index >= 15 is 0 Å². The number of nitrogens with zero attached hydrogens (tertiary/aromatic N) is 2. The molecule has 2 heterocycles. The minimum Gasteiger partial charge on any atom is -0.352 e. The number of aromatic nitrogens is 3. The highest BCUT2D eigenvalue weighted by molar-refractivity contribution is 7.99. The number of thioether (sulfide) groups is 1. The number of hydrogen-bond acceptors (Lipinski definition) is 5. The van der Waals surface area contributed by atoms with Gasteiger partial charge in [-0.05, 0) is 42.5 Å². The molecule has 0 radical (unpaired) electrons. The SMILES string of the molecule is O=C(N[C@@H](CSc1ccccc1)C(=O)NCCF)c1ccc2nc(-c3ccncc3)[nH]c2c1. The lowest BCUT2D eigenvalue weighted by Gasteiger charge is -2.18. The zero-order valence-corrected chi connectivity index (χ0v) is 18.4. The third-order valence-corrected chi connectivity index (χ3v) is 5.98. The molecule has 33 heavy (non-hydrogen) atoms. The molecule has 0 aliphatic rings. The first-order valence-electron chi connectivity index (χ1n) is 10.4. The number of imidazole rings is 1. The molecule has 9 heteroatoms. The van der Waals surface area contributed by atoms with E-state index in [0.717, 1.165) is 16.0 Å². The van der Waals surface area contributed by atoms with Crippen LogP contribution in [0.25, 0.3) is 22.4 Å². The van der Waals surface area contributed by atoms with Crippen molar-refractivity contribution in [3.63, 3.8) is 0 Å². The Labute approximate surface area is 194 Å². The molecule has 0 unspecified atom stereocenters. The number of alkyl halides is 1. The Bertz CT molecular complexity index is 1230. The second-order valence-corrected chi connectivity index (χ2v) is 8.28. The standard InChI is InChI=1S/C24H22FN5O2S/c25-10-13-27-24(32)21(15-33-18-4-2-1-3-5-18)30-23(31)17-6-7-19-20(14-17)29-22(28-19)16-8-11-26-12-9-16/h1-9,11-12,14,21H,10,13,15H2,(H,27,32)(H,28,29)(H,30,31)/t21-/m0/s1. The summed E-state index contributed by atoms with van der Waals surface area (Å²) in [6.07, 6.45) is 3.37. The maximum Gasteiger partial charge on any atom is 0.252 e. The van der Waals surface area contributed by atoms with Gasteiger partial charge in [-0.2, -0.15) is 0 Å². The second-order valence-electron chi connectivity index (χ2n) is 7.18. The van der Waals surface area contributed by atoms with Gasteiger partial charge in [-0.3, -0.25) is 14.6 Å². The summed E-state index contributed by atoms with van der Waals surface area (Å²) in [6.45, 7) is -0.770. The fraction of sp³-hybridized carbons (Fsp3) is 0.167. The first kappa shape index (κ1) is 22.5. The van der Waals surface area contributed by atoms with Crippen molar-refractivity contribution in [1.29, 1.82) is 0 Å². The van der Waals surface area contributed by atoms with E-state index in [1.54, 1.807) is 30.6 Å². The molecule has 2 amide bonds. The lowest BCUT2D eigenvalue weighted by molar-refractivity contribution is -0.122. The monoisotopic (exact) mass is 463 g/mol. The lowest BCUT2D eigenvalue weighted by Crippen LogP contribution is -2.48. The van der Waals surface area contributed by atoms with Gasteiger partial charge in [0.2, 0.25) is 5.91 Å². The van der Waals surface area contributed by atoms with Gasteiger partial charge in [0, 0.05) is 40.7 Å². The van der Waals surface area contributed by atoms with Crippen LogP contribution in [0.5, 0.6) is 0 Å². The molecule has 0 bridgehead atoms. The van der Waals surface area contributed by atoms with Crippen molar-refractivity contribution in [3.05, 3.63) is 78.6 Å². The van der Waals surface area contributed by atoms with Crippen LogP contribution in [-0.2, 0) is 4.79 Å². The summed E-state index contributed by atoms with van der Waals surface area (Å²) in [5.41, 5.74) is 2.69. The van der Waals surface area contributed by atoms with Crippen LogP contribution in [0, 0.1) is 0 Å². The quantitative estimate of drug-likeness (QED) is 0.330. The van der Waals surface area contributed by atoms with Gasteiger partial charge < -0.3 is 15.6 Å². The Kier molecular flexibility index (Phi) is 7.31. The number of aromatic amines is 1. The number of hydrogen-bond donors (Lipinski definition) is 3. The van der Waals surface area contributed by atoms with Crippen LogP contribution in [0.15, 0.2) is 78.0 Å². The first-order chi connectivity index (χ1) is 16.1. The zero-order chi connectivity index (χ0) is 23.0. The average Bonchev–Trinajstić information content (AvgIpc) is 3.29. The fourth-order valence-electron chi connectivity index (χ4n) is 3.21. The maximum atomic E-state index is 12.9. The van der Waals surface area contributed by atoms with Gasteiger partial charge in [-0.1, -0.05) is 18.2 Å². The molecule has 4 aromatic rings. The smallest absolute Gasteiger partial charge is 0.252 e. The number of halogens is 1. The van der Waals surface area contributed by atoms with Gasteiger partial charge >= 0.3 is 0 Å². The number of amides is 2. The minimum atomic E-state index is -0.820. The number of pyridine rings is 1. The van der Waals surface area contributed by atoms with E-state index in [9.17, 15) is 14.0 Å². The van der Waals surface area contributed by atoms with Crippen LogP contribution in [0.2, 0.25) is 0 Å². The molecule has 0 saturated heterocycles. The van der Waals surface area contributed by atoms with Crippen LogP contribution >= 0.6 is 11.8 Å². The number of H-pyrrole nitrogens is 1. The van der Waals surface area contributed by atoms with Crippen LogP contribution in [0.3, 0.4) is 0 Å². The third-order valence-electron chi connectivity index (χ3n) is 4.87. The van der Waals surface area contributed by atoms with Crippen LogP contribution in [0.4, 0.5) is 4.39 Å². The molecule has 0 aliphatic carbocycles. The second kappa shape index (κ2) is 10.7. The van der Waals surface area contributed by atoms with Crippen molar-refractivity contribution in [2.24, 2.45) is 0 Å². The van der Waals surface area contributed by atoms with Crippen LogP contribution < -0.4 is 10.6 Å². The van der Waals surface area contributed by atoms with Crippen LogP contribution in [0.1, 0.15) is 10.4 Å². The average molecular weight is 464 g/mol. The van der Waals surface area contributed by atoms with Crippen molar-refractivity contribution >= 4 is 34.6 Å². The van der Waals surface area contributed by atoms with E-state index < -0.39 is 24.5 Å². The van der Waals surface area contributed by atoms with Crippen molar-refractivity contribution in [1.82, 2.24) is 25.6 Å². The van der Waals surface area contributed by atoms with E-state index in [4.69, 9.17) is 0 Å². The highest BCUT2D eigenvalue weighted by atomic mass is 32.2. The number of carbonyl (C=O) groups excluding carboxylic acids is 2. The van der Waals surface area contributed by atoms with Crippen molar-refractivity contribution < 1.29 is 14.0 Å². The van der Waals surface area contributed by atoms with E-state index in [0.29, 0.717) is 22.7 Å². The largest absolute Gasteiger partial charge is 0.352 e. The third kappa shape index (κ3) is 5.75. The summed E-state index contributed by atoms with van der Waals surface area (Å²) in [6, 6.07) is 17.5. The summed E-state index contributed by atoms with van der Waals surface area (Å²) >= 11 is 1.44. The van der Waals surface area contributed by atoms with Gasteiger partial charge in [-0.25, -0.2) is 9.37 Å². The van der Waals surface area contributed by atoms with E-state index in [-0.39, 0.29) is 6.54 Å². The summed E-state index contributed by atoms with van der Waals surface area (Å²) in [4.78, 5) is 38.2. The Morgan fingerprint density at radius 1 is 1.06 bits per heavy atom. The Hall–Kier alpha value is -3.72. The molecule has 0 aliphatic heterocycles. The topological polar surface area (TPSA) is 99.8 Å². The number of carbonyl (C=O) groups is 2. The summed E-state index contributed by atoms with van der Waals surface area (Å²) in [5, 5.41) is 5.29. The normalized spacial score (nSPS) is 11.8. The molecule has 7 nitrogen and oxygen atoms in total. The van der Waals surface area contributed by atoms with Gasteiger partial charge in [0.25, 0.3) is 5.91 Å². The molecule has 0 fully saturated rings.